The molecule has 1 saturated heterocycles. The molecule has 0 bridgehead atoms. The summed E-state index contributed by atoms with van der Waals surface area (Å²) in [6, 6.07) is 0.681. The number of rotatable bonds is 10. The molecule has 0 amide bonds. The van der Waals surface area contributed by atoms with Crippen LogP contribution in [-0.2, 0) is 4.74 Å². The van der Waals surface area contributed by atoms with Gasteiger partial charge in [0.15, 0.2) is 5.96 Å². The zero-order valence-corrected chi connectivity index (χ0v) is 18.2. The van der Waals surface area contributed by atoms with Crippen LogP contribution in [0, 0.1) is 0 Å². The lowest BCUT2D eigenvalue weighted by molar-refractivity contribution is -0.173. The summed E-state index contributed by atoms with van der Waals surface area (Å²) in [5.74, 6) is 0.711. The number of likely N-dealkylation sites (tertiary alicyclic amines) is 1. The Kier molecular flexibility index (Phi) is 14.6. The van der Waals surface area contributed by atoms with E-state index in [4.69, 9.17) is 0 Å². The molecule has 156 valence electrons. The number of hydrogen-bond donors (Lipinski definition) is 2. The summed E-state index contributed by atoms with van der Waals surface area (Å²) >= 11 is 0. The Bertz CT molecular complexity index is 384. The largest absolute Gasteiger partial charge is 0.411 e. The van der Waals surface area contributed by atoms with Crippen LogP contribution in [0.15, 0.2) is 4.99 Å². The predicted octanol–water partition coefficient (Wildman–Crippen LogP) is 3.39. The van der Waals surface area contributed by atoms with Crippen molar-refractivity contribution in [2.75, 3.05) is 45.9 Å². The van der Waals surface area contributed by atoms with Crippen molar-refractivity contribution in [2.24, 2.45) is 4.99 Å². The quantitative estimate of drug-likeness (QED) is 0.212. The number of ether oxygens (including phenoxy) is 1. The highest BCUT2D eigenvalue weighted by Crippen LogP contribution is 2.18. The monoisotopic (exact) mass is 494 g/mol. The molecule has 1 rings (SSSR count). The molecule has 0 aromatic heterocycles. The Labute approximate surface area is 172 Å². The first kappa shape index (κ1) is 25.7. The van der Waals surface area contributed by atoms with Gasteiger partial charge < -0.3 is 15.4 Å². The third-order valence-corrected chi connectivity index (χ3v) is 4.24. The molecule has 0 spiro atoms. The van der Waals surface area contributed by atoms with Gasteiger partial charge in [-0.3, -0.25) is 9.89 Å². The highest BCUT2D eigenvalue weighted by molar-refractivity contribution is 14.0. The molecular weight excluding hydrogens is 460 g/mol. The fourth-order valence-electron chi connectivity index (χ4n) is 3.02. The van der Waals surface area contributed by atoms with Crippen molar-refractivity contribution in [1.82, 2.24) is 15.5 Å². The van der Waals surface area contributed by atoms with Crippen LogP contribution in [0.1, 0.15) is 46.0 Å². The average Bonchev–Trinajstić information content (AvgIpc) is 2.57. The topological polar surface area (TPSA) is 48.9 Å². The maximum absolute atomic E-state index is 12.0. The van der Waals surface area contributed by atoms with Gasteiger partial charge in [0.2, 0.25) is 0 Å². The van der Waals surface area contributed by atoms with Crippen molar-refractivity contribution >= 4 is 29.9 Å². The summed E-state index contributed by atoms with van der Waals surface area (Å²) in [4.78, 5) is 6.92. The molecular formula is C17H34F3IN4O. The zero-order valence-electron chi connectivity index (χ0n) is 15.9. The standard InChI is InChI=1S/C17H33F3N4O.HI/c1-3-15-8-5-6-11-24(15)12-10-23-16(21-4-2)22-9-7-13-25-14-17(18,19)20;/h15H,3-14H2,1-2H3,(H2,21,22,23);1H. The SMILES string of the molecule is CCNC(=NCCCOCC(F)(F)F)NCCN1CCCCC1CC.I. The van der Waals surface area contributed by atoms with Gasteiger partial charge in [0.25, 0.3) is 0 Å². The summed E-state index contributed by atoms with van der Waals surface area (Å²) < 4.78 is 40.5. The molecule has 1 atom stereocenters. The summed E-state index contributed by atoms with van der Waals surface area (Å²) in [5.41, 5.74) is 0. The molecule has 1 unspecified atom stereocenters. The number of halogens is 4. The number of nitrogens with zero attached hydrogens (tertiary/aromatic N) is 2. The van der Waals surface area contributed by atoms with E-state index >= 15 is 0 Å². The molecule has 0 saturated carbocycles. The van der Waals surface area contributed by atoms with E-state index in [1.54, 1.807) is 0 Å². The summed E-state index contributed by atoms with van der Waals surface area (Å²) in [6.07, 6.45) is 1.27. The summed E-state index contributed by atoms with van der Waals surface area (Å²) in [5, 5.41) is 6.46. The van der Waals surface area contributed by atoms with Gasteiger partial charge in [-0.15, -0.1) is 24.0 Å². The fourth-order valence-corrected chi connectivity index (χ4v) is 3.02. The van der Waals surface area contributed by atoms with Gasteiger partial charge in [-0.2, -0.15) is 13.2 Å². The number of aliphatic imine (C=N–C) groups is 1. The van der Waals surface area contributed by atoms with Crippen molar-refractivity contribution in [3.63, 3.8) is 0 Å². The van der Waals surface area contributed by atoms with Crippen molar-refractivity contribution in [1.29, 1.82) is 0 Å². The molecule has 1 heterocycles. The lowest BCUT2D eigenvalue weighted by Gasteiger charge is -2.35. The third kappa shape index (κ3) is 12.2. The van der Waals surface area contributed by atoms with E-state index in [-0.39, 0.29) is 30.6 Å². The maximum atomic E-state index is 12.0. The van der Waals surface area contributed by atoms with E-state index in [0.717, 1.165) is 26.2 Å². The van der Waals surface area contributed by atoms with Crippen molar-refractivity contribution in [2.45, 2.75) is 58.2 Å². The number of alkyl halides is 3. The van der Waals surface area contributed by atoms with Crippen molar-refractivity contribution < 1.29 is 17.9 Å². The average molecular weight is 494 g/mol. The van der Waals surface area contributed by atoms with E-state index in [1.165, 1.54) is 25.7 Å². The minimum Gasteiger partial charge on any atom is -0.372 e. The summed E-state index contributed by atoms with van der Waals surface area (Å²) in [6.45, 7) is 7.24. The van der Waals surface area contributed by atoms with Crippen LogP contribution < -0.4 is 10.6 Å². The van der Waals surface area contributed by atoms with Gasteiger partial charge in [0, 0.05) is 38.8 Å². The van der Waals surface area contributed by atoms with Crippen LogP contribution in [-0.4, -0.2) is 69.0 Å². The molecule has 9 heteroatoms. The minimum atomic E-state index is -4.26. The molecule has 1 fully saturated rings. The van der Waals surface area contributed by atoms with Crippen LogP contribution in [0.2, 0.25) is 0 Å². The molecule has 5 nitrogen and oxygen atoms in total. The van der Waals surface area contributed by atoms with Gasteiger partial charge >= 0.3 is 6.18 Å². The Hall–Kier alpha value is -0.290. The number of nitrogens with one attached hydrogen (secondary N) is 2. The Morgan fingerprint density at radius 2 is 2.00 bits per heavy atom. The van der Waals surface area contributed by atoms with Crippen LogP contribution in [0.5, 0.6) is 0 Å². The Morgan fingerprint density at radius 1 is 1.23 bits per heavy atom. The van der Waals surface area contributed by atoms with Crippen LogP contribution in [0.3, 0.4) is 0 Å². The summed E-state index contributed by atoms with van der Waals surface area (Å²) in [7, 11) is 0. The van der Waals surface area contributed by atoms with Gasteiger partial charge in [-0.1, -0.05) is 13.3 Å². The fraction of sp³-hybridized carbons (Fsp3) is 0.941. The van der Waals surface area contributed by atoms with E-state index in [0.29, 0.717) is 25.0 Å². The number of guanidine groups is 1. The first-order valence-electron chi connectivity index (χ1n) is 9.37. The van der Waals surface area contributed by atoms with E-state index in [9.17, 15) is 13.2 Å². The normalized spacial score (nSPS) is 19.1. The smallest absolute Gasteiger partial charge is 0.372 e. The second-order valence-corrected chi connectivity index (χ2v) is 6.30. The number of piperidine rings is 1. The maximum Gasteiger partial charge on any atom is 0.411 e. The predicted molar refractivity (Wildman–Crippen MR) is 110 cm³/mol. The van der Waals surface area contributed by atoms with Gasteiger partial charge in [0.05, 0.1) is 0 Å². The molecule has 0 aliphatic carbocycles. The van der Waals surface area contributed by atoms with Crippen LogP contribution in [0.4, 0.5) is 13.2 Å². The molecule has 2 N–H and O–H groups in total. The Balaban J connectivity index is 0.00000625. The molecule has 0 aromatic rings. The second-order valence-electron chi connectivity index (χ2n) is 6.30. The van der Waals surface area contributed by atoms with E-state index in [2.05, 4.69) is 32.2 Å². The Morgan fingerprint density at radius 3 is 2.65 bits per heavy atom. The molecule has 0 aromatic carbocycles. The highest BCUT2D eigenvalue weighted by atomic mass is 127. The van der Waals surface area contributed by atoms with Gasteiger partial charge in [-0.05, 0) is 39.2 Å². The van der Waals surface area contributed by atoms with Crippen molar-refractivity contribution in [3.05, 3.63) is 0 Å². The highest BCUT2D eigenvalue weighted by Gasteiger charge is 2.27. The first-order valence-corrected chi connectivity index (χ1v) is 9.37. The lowest BCUT2D eigenvalue weighted by Crippen LogP contribution is -2.46. The molecule has 0 radical (unpaired) electrons. The third-order valence-electron chi connectivity index (χ3n) is 4.24. The minimum absolute atomic E-state index is 0. The molecule has 1 aliphatic rings. The van der Waals surface area contributed by atoms with E-state index < -0.39 is 12.8 Å². The van der Waals surface area contributed by atoms with E-state index in [1.807, 2.05) is 6.92 Å². The van der Waals surface area contributed by atoms with Gasteiger partial charge in [-0.25, -0.2) is 0 Å². The van der Waals surface area contributed by atoms with Crippen molar-refractivity contribution in [3.8, 4) is 0 Å². The van der Waals surface area contributed by atoms with Crippen LogP contribution >= 0.6 is 24.0 Å². The zero-order chi connectivity index (χ0) is 18.5. The number of hydrogen-bond acceptors (Lipinski definition) is 3. The van der Waals surface area contributed by atoms with Gasteiger partial charge in [0.1, 0.15) is 6.61 Å². The second kappa shape index (κ2) is 14.7. The van der Waals surface area contributed by atoms with Crippen LogP contribution in [0.25, 0.3) is 0 Å². The lowest BCUT2D eigenvalue weighted by atomic mass is 10.0. The first-order chi connectivity index (χ1) is 12.0. The molecule has 26 heavy (non-hydrogen) atoms. The molecule has 1 aliphatic heterocycles.